The molecule has 0 fully saturated rings. The van der Waals surface area contributed by atoms with E-state index in [0.29, 0.717) is 48.2 Å². The van der Waals surface area contributed by atoms with Crippen molar-refractivity contribution in [3.05, 3.63) is 36.2 Å². The first-order valence-corrected chi connectivity index (χ1v) is 19.0. The second-order valence-electron chi connectivity index (χ2n) is 12.0. The molecule has 3 aromatic rings. The minimum atomic E-state index is -4.25. The van der Waals surface area contributed by atoms with Crippen LogP contribution < -0.4 is 5.73 Å². The minimum Gasteiger partial charge on any atom is -0.382 e. The van der Waals surface area contributed by atoms with Crippen molar-refractivity contribution in [1.82, 2.24) is 19.5 Å². The van der Waals surface area contributed by atoms with Crippen molar-refractivity contribution >= 4 is 24.6 Å². The topological polar surface area (TPSA) is 146 Å². The number of nitrogen functional groups attached to an aromatic ring is 1. The number of nitrogens with two attached hydrogens (primary N) is 1. The molecule has 0 aliphatic rings. The summed E-state index contributed by atoms with van der Waals surface area (Å²) in [7, 11) is -4.25. The summed E-state index contributed by atoms with van der Waals surface area (Å²) in [6, 6.07) is 9.63. The summed E-state index contributed by atoms with van der Waals surface area (Å²) < 4.78 is 24.2. The lowest BCUT2D eigenvalue weighted by molar-refractivity contribution is 0.131. The highest BCUT2D eigenvalue weighted by atomic mass is 31.2. The van der Waals surface area contributed by atoms with Gasteiger partial charge in [-0.1, -0.05) is 134 Å². The molecule has 2 heterocycles. The van der Waals surface area contributed by atoms with Gasteiger partial charge < -0.3 is 29.6 Å². The van der Waals surface area contributed by atoms with Gasteiger partial charge in [0.05, 0.1) is 13.2 Å². The predicted octanol–water partition coefficient (Wildman–Crippen LogP) is 8.05. The van der Waals surface area contributed by atoms with Crippen LogP contribution in [0.25, 0.3) is 22.6 Å². The zero-order valence-corrected chi connectivity index (χ0v) is 28.3. The van der Waals surface area contributed by atoms with E-state index >= 15 is 0 Å². The van der Waals surface area contributed by atoms with Crippen LogP contribution in [-0.2, 0) is 27.0 Å². The Morgan fingerprint density at radius 3 is 1.89 bits per heavy atom. The Kier molecular flexibility index (Phi) is 17.7. The van der Waals surface area contributed by atoms with E-state index in [1.165, 1.54) is 96.3 Å². The van der Waals surface area contributed by atoms with Crippen molar-refractivity contribution in [1.29, 1.82) is 0 Å². The Hall–Kier alpha value is -2.36. The van der Waals surface area contributed by atoms with Gasteiger partial charge in [-0.25, -0.2) is 15.0 Å². The minimum absolute atomic E-state index is 0.0814. The zero-order chi connectivity index (χ0) is 32.2. The summed E-state index contributed by atoms with van der Waals surface area (Å²) >= 11 is 0. The highest BCUT2D eigenvalue weighted by Crippen LogP contribution is 2.34. The molecule has 0 bridgehead atoms. The quantitative estimate of drug-likeness (QED) is 0.0583. The van der Waals surface area contributed by atoms with E-state index in [1.54, 1.807) is 0 Å². The standard InChI is InChI=1S/C34H56N5O5P/c1-2-3-4-5-6-7-8-9-10-11-12-13-14-15-16-20-25-43-26-23-30-36-32(35)31-34(37-30)39(24-27-44-28-45(40,41)42)33(38-31)29-21-18-17-19-22-29/h17-19,21-22H,2-16,20,23-28H2,1H3,(H2,35,36,37)(H2,40,41,42). The van der Waals surface area contributed by atoms with Gasteiger partial charge in [-0.3, -0.25) is 4.57 Å². The molecule has 0 spiro atoms. The van der Waals surface area contributed by atoms with E-state index < -0.39 is 13.9 Å². The Morgan fingerprint density at radius 1 is 0.733 bits per heavy atom. The first kappa shape index (κ1) is 37.1. The largest absolute Gasteiger partial charge is 0.382 e. The number of unbranched alkanes of at least 4 members (excludes halogenated alkanes) is 15. The molecule has 11 heteroatoms. The summed E-state index contributed by atoms with van der Waals surface area (Å²) in [5, 5.41) is 0. The molecule has 0 atom stereocenters. The SMILES string of the molecule is CCCCCCCCCCCCCCCCCCOCCc1nc(N)c2nc(-c3ccccc3)n(CCOCP(=O)(O)O)c2n1. The van der Waals surface area contributed by atoms with Gasteiger partial charge in [-0.2, -0.15) is 0 Å². The van der Waals surface area contributed by atoms with Crippen LogP contribution in [0.15, 0.2) is 30.3 Å². The van der Waals surface area contributed by atoms with Crippen LogP contribution in [0.5, 0.6) is 0 Å². The van der Waals surface area contributed by atoms with Crippen LogP contribution in [0.3, 0.4) is 0 Å². The van der Waals surface area contributed by atoms with E-state index in [1.807, 2.05) is 34.9 Å². The van der Waals surface area contributed by atoms with Crippen LogP contribution in [-0.4, -0.2) is 55.5 Å². The van der Waals surface area contributed by atoms with Gasteiger partial charge in [-0.15, -0.1) is 0 Å². The fourth-order valence-corrected chi connectivity index (χ4v) is 5.92. The van der Waals surface area contributed by atoms with Crippen LogP contribution in [0, 0.1) is 0 Å². The van der Waals surface area contributed by atoms with Crippen LogP contribution in [0.4, 0.5) is 5.82 Å². The third-order valence-corrected chi connectivity index (χ3v) is 8.55. The lowest BCUT2D eigenvalue weighted by Gasteiger charge is -2.11. The normalized spacial score (nSPS) is 12.0. The monoisotopic (exact) mass is 645 g/mol. The third-order valence-electron chi connectivity index (χ3n) is 8.03. The van der Waals surface area contributed by atoms with Gasteiger partial charge in [0, 0.05) is 25.1 Å². The molecule has 0 amide bonds. The van der Waals surface area contributed by atoms with Gasteiger partial charge in [-0.05, 0) is 6.42 Å². The highest BCUT2D eigenvalue weighted by Gasteiger charge is 2.19. The number of nitrogens with zero attached hydrogens (tertiary/aromatic N) is 4. The van der Waals surface area contributed by atoms with Gasteiger partial charge in [0.15, 0.2) is 17.0 Å². The van der Waals surface area contributed by atoms with Crippen LogP contribution >= 0.6 is 7.60 Å². The predicted molar refractivity (Wildman–Crippen MR) is 182 cm³/mol. The Morgan fingerprint density at radius 2 is 1.31 bits per heavy atom. The maximum atomic E-state index is 11.2. The molecular weight excluding hydrogens is 589 g/mol. The molecule has 2 aromatic heterocycles. The molecule has 3 rings (SSSR count). The molecule has 0 radical (unpaired) electrons. The Bertz CT molecular complexity index is 1270. The van der Waals surface area contributed by atoms with Crippen LogP contribution in [0.1, 0.15) is 115 Å². The molecule has 4 N–H and O–H groups in total. The summed E-state index contributed by atoms with van der Waals surface area (Å²) in [6.07, 6.45) is 21.5. The van der Waals surface area contributed by atoms with E-state index in [2.05, 4.69) is 11.9 Å². The van der Waals surface area contributed by atoms with E-state index in [-0.39, 0.29) is 6.61 Å². The third kappa shape index (κ3) is 14.7. The molecule has 45 heavy (non-hydrogen) atoms. The summed E-state index contributed by atoms with van der Waals surface area (Å²) in [5.74, 6) is 1.51. The summed E-state index contributed by atoms with van der Waals surface area (Å²) in [6.45, 7) is 3.89. The number of hydrogen-bond donors (Lipinski definition) is 3. The molecule has 252 valence electrons. The Labute approximate surface area is 269 Å². The maximum Gasteiger partial charge on any atom is 0.350 e. The second-order valence-corrected chi connectivity index (χ2v) is 13.6. The zero-order valence-electron chi connectivity index (χ0n) is 27.4. The molecule has 0 unspecified atom stereocenters. The van der Waals surface area contributed by atoms with Crippen molar-refractivity contribution < 1.29 is 23.8 Å². The average molecular weight is 646 g/mol. The van der Waals surface area contributed by atoms with E-state index in [9.17, 15) is 4.57 Å². The van der Waals surface area contributed by atoms with Crippen molar-refractivity contribution in [2.24, 2.45) is 0 Å². The lowest BCUT2D eigenvalue weighted by atomic mass is 10.0. The summed E-state index contributed by atoms with van der Waals surface area (Å²) in [5.41, 5.74) is 8.22. The van der Waals surface area contributed by atoms with Gasteiger partial charge >= 0.3 is 7.60 Å². The Balaban J connectivity index is 1.33. The van der Waals surface area contributed by atoms with Crippen LogP contribution in [0.2, 0.25) is 0 Å². The maximum absolute atomic E-state index is 11.2. The van der Waals surface area contributed by atoms with Crippen molar-refractivity contribution in [2.75, 3.05) is 31.9 Å². The van der Waals surface area contributed by atoms with Crippen molar-refractivity contribution in [2.45, 2.75) is 123 Å². The molecule has 0 saturated heterocycles. The second kappa shape index (κ2) is 21.4. The smallest absolute Gasteiger partial charge is 0.350 e. The number of imidazole rings is 1. The van der Waals surface area contributed by atoms with Gasteiger partial charge in [0.1, 0.15) is 18.0 Å². The number of anilines is 1. The average Bonchev–Trinajstić information content (AvgIpc) is 3.39. The number of rotatable bonds is 26. The molecular formula is C34H56N5O5P. The highest BCUT2D eigenvalue weighted by molar-refractivity contribution is 7.51. The fraction of sp³-hybridized carbons (Fsp3) is 0.676. The molecule has 1 aromatic carbocycles. The van der Waals surface area contributed by atoms with Crippen molar-refractivity contribution in [3.8, 4) is 11.4 Å². The first-order chi connectivity index (χ1) is 21.9. The molecule has 10 nitrogen and oxygen atoms in total. The number of aromatic nitrogens is 4. The molecule has 0 saturated carbocycles. The number of benzene rings is 1. The number of fused-ring (bicyclic) bond motifs is 1. The van der Waals surface area contributed by atoms with E-state index in [4.69, 9.17) is 35.0 Å². The van der Waals surface area contributed by atoms with Crippen molar-refractivity contribution in [3.63, 3.8) is 0 Å². The number of ether oxygens (including phenoxy) is 2. The molecule has 0 aliphatic heterocycles. The first-order valence-electron chi connectivity index (χ1n) is 17.2. The van der Waals surface area contributed by atoms with Gasteiger partial charge in [0.2, 0.25) is 0 Å². The van der Waals surface area contributed by atoms with Gasteiger partial charge in [0.25, 0.3) is 0 Å². The summed E-state index contributed by atoms with van der Waals surface area (Å²) in [4.78, 5) is 32.2. The van der Waals surface area contributed by atoms with E-state index in [0.717, 1.165) is 18.6 Å². The number of hydrogen-bond acceptors (Lipinski definition) is 7. The fourth-order valence-electron chi connectivity index (χ4n) is 5.56. The molecule has 0 aliphatic carbocycles. The lowest BCUT2D eigenvalue weighted by Crippen LogP contribution is -2.11.